The molecular weight excluding hydrogens is 376 g/mol. The summed E-state index contributed by atoms with van der Waals surface area (Å²) < 4.78 is 0. The van der Waals surface area contributed by atoms with Crippen molar-refractivity contribution in [3.8, 4) is 0 Å². The minimum Gasteiger partial charge on any atom is -0.386 e. The average Bonchev–Trinajstić information content (AvgIpc) is 3.22. The minimum absolute atomic E-state index is 0.368. The molecule has 4 saturated carbocycles. The van der Waals surface area contributed by atoms with Crippen LogP contribution >= 0.6 is 0 Å². The average molecular weight is 425 g/mol. The Bertz CT molecular complexity index is 810. The van der Waals surface area contributed by atoms with Crippen LogP contribution in [-0.2, 0) is 0 Å². The van der Waals surface area contributed by atoms with Crippen LogP contribution in [0.4, 0.5) is 0 Å². The van der Waals surface area contributed by atoms with E-state index in [0.29, 0.717) is 39.2 Å². The molecule has 1 N–H and O–H groups in total. The zero-order chi connectivity index (χ0) is 22.6. The lowest BCUT2D eigenvalue weighted by atomic mass is 9.43. The maximum absolute atomic E-state index is 4.14. The summed E-state index contributed by atoms with van der Waals surface area (Å²) in [7, 11) is 4.60. The third-order valence-corrected chi connectivity index (χ3v) is 12.3. The topological polar surface area (TPSA) is 15.3 Å². The number of nitrogens with zero attached hydrogens (tertiary/aromatic N) is 1. The summed E-state index contributed by atoms with van der Waals surface area (Å²) in [5.41, 5.74) is 3.54. The molecule has 0 aromatic carbocycles. The van der Waals surface area contributed by atoms with Crippen molar-refractivity contribution in [1.82, 2.24) is 10.2 Å². The smallest absolute Gasteiger partial charge is 0.0263 e. The highest BCUT2D eigenvalue weighted by Crippen LogP contribution is 2.87. The molecule has 0 aromatic rings. The lowest BCUT2D eigenvalue weighted by Gasteiger charge is -2.62. The van der Waals surface area contributed by atoms with E-state index in [4.69, 9.17) is 0 Å². The van der Waals surface area contributed by atoms with E-state index in [0.717, 1.165) is 23.5 Å². The van der Waals surface area contributed by atoms with Gasteiger partial charge >= 0.3 is 0 Å². The van der Waals surface area contributed by atoms with Crippen LogP contribution in [0, 0.1) is 44.8 Å². The van der Waals surface area contributed by atoms with E-state index in [1.54, 1.807) is 0 Å². The van der Waals surface area contributed by atoms with Gasteiger partial charge in [0.05, 0.1) is 0 Å². The molecule has 0 aromatic heterocycles. The fourth-order valence-corrected chi connectivity index (χ4v) is 10.9. The van der Waals surface area contributed by atoms with Crippen molar-refractivity contribution < 1.29 is 0 Å². The highest BCUT2D eigenvalue weighted by Gasteiger charge is 2.81. The van der Waals surface area contributed by atoms with Crippen molar-refractivity contribution in [3.05, 3.63) is 24.4 Å². The monoisotopic (exact) mass is 424 g/mol. The van der Waals surface area contributed by atoms with Gasteiger partial charge in [0.25, 0.3) is 0 Å². The van der Waals surface area contributed by atoms with Gasteiger partial charge in [-0.3, -0.25) is 0 Å². The summed E-state index contributed by atoms with van der Waals surface area (Å²) >= 11 is 0. The van der Waals surface area contributed by atoms with Crippen LogP contribution in [0.25, 0.3) is 0 Å². The second-order valence-corrected chi connectivity index (χ2v) is 13.9. The fourth-order valence-electron chi connectivity index (χ4n) is 10.9. The lowest BCUT2D eigenvalue weighted by Crippen LogP contribution is -2.58. The van der Waals surface area contributed by atoms with Gasteiger partial charge in [-0.25, -0.2) is 0 Å². The van der Waals surface area contributed by atoms with Crippen molar-refractivity contribution >= 4 is 0 Å². The molecule has 5 rings (SSSR count). The summed E-state index contributed by atoms with van der Waals surface area (Å²) in [6.07, 6.45) is 15.5. The van der Waals surface area contributed by atoms with Gasteiger partial charge in [-0.2, -0.15) is 0 Å². The molecule has 0 aliphatic heterocycles. The van der Waals surface area contributed by atoms with Gasteiger partial charge < -0.3 is 10.2 Å². The Morgan fingerprint density at radius 3 is 2.23 bits per heavy atom. The van der Waals surface area contributed by atoms with Crippen molar-refractivity contribution in [1.29, 1.82) is 0 Å². The maximum atomic E-state index is 4.14. The van der Waals surface area contributed by atoms with Crippen molar-refractivity contribution in [3.63, 3.8) is 0 Å². The number of nitrogens with one attached hydrogen (secondary N) is 1. The van der Waals surface area contributed by atoms with Crippen LogP contribution in [0.5, 0.6) is 0 Å². The molecule has 174 valence electrons. The van der Waals surface area contributed by atoms with Crippen LogP contribution in [0.2, 0.25) is 0 Å². The molecule has 2 nitrogen and oxygen atoms in total. The second-order valence-electron chi connectivity index (χ2n) is 13.9. The van der Waals surface area contributed by atoms with E-state index in [1.807, 2.05) is 0 Å². The van der Waals surface area contributed by atoms with E-state index < -0.39 is 0 Å². The van der Waals surface area contributed by atoms with Crippen molar-refractivity contribution in [2.24, 2.45) is 44.8 Å². The molecule has 0 heterocycles. The number of fused-ring (bicyclic) bond motifs is 2. The predicted octanol–water partition coefficient (Wildman–Crippen LogP) is 6.64. The molecular formula is C29H48N2. The summed E-state index contributed by atoms with van der Waals surface area (Å²) in [4.78, 5) is 2.51. The number of allylic oxidation sites excluding steroid dienone is 3. The van der Waals surface area contributed by atoms with Gasteiger partial charge in [0.1, 0.15) is 0 Å². The van der Waals surface area contributed by atoms with Crippen LogP contribution in [-0.4, -0.2) is 31.1 Å². The molecule has 2 heteroatoms. The number of rotatable bonds is 4. The third kappa shape index (κ3) is 2.50. The zero-order valence-corrected chi connectivity index (χ0v) is 21.6. The largest absolute Gasteiger partial charge is 0.386 e. The van der Waals surface area contributed by atoms with E-state index in [1.165, 1.54) is 44.9 Å². The van der Waals surface area contributed by atoms with Gasteiger partial charge in [0.15, 0.2) is 0 Å². The number of hydrogen-bond donors (Lipinski definition) is 1. The zero-order valence-electron chi connectivity index (χ0n) is 21.6. The summed E-state index contributed by atoms with van der Waals surface area (Å²) in [5, 5.41) is 3.71. The SMILES string of the molecule is C=C(C)NC(C)C1CCC2(C)C3C=CC4C(C)(C)C(N(C)C)CCC45CC35CCC12C. The first-order chi connectivity index (χ1) is 14.4. The molecule has 2 spiro atoms. The first-order valence-electron chi connectivity index (χ1n) is 13.1. The summed E-state index contributed by atoms with van der Waals surface area (Å²) in [6.45, 7) is 19.2. The molecule has 5 aliphatic carbocycles. The lowest BCUT2D eigenvalue weighted by molar-refractivity contribution is -0.104. The van der Waals surface area contributed by atoms with E-state index in [2.05, 4.69) is 84.6 Å². The third-order valence-electron chi connectivity index (χ3n) is 12.3. The molecule has 0 saturated heterocycles. The molecule has 9 atom stereocenters. The standard InChI is InChI=1S/C29H48N2/c1-19(2)30-20(3)21-12-14-27(7)23-11-10-22-25(4,5)24(31(8)9)13-15-28(22)18-29(23,28)17-16-26(21,27)6/h10-11,20-24,30H,1,12-18H2,2-9H3. The Labute approximate surface area is 192 Å². The fraction of sp³-hybridized carbons (Fsp3) is 0.862. The normalized spacial score (nSPS) is 52.5. The number of hydrogen-bond acceptors (Lipinski definition) is 2. The van der Waals surface area contributed by atoms with Gasteiger partial charge in [0, 0.05) is 17.8 Å². The summed E-state index contributed by atoms with van der Waals surface area (Å²) in [5.74, 6) is 2.29. The van der Waals surface area contributed by atoms with E-state index >= 15 is 0 Å². The van der Waals surface area contributed by atoms with Crippen LogP contribution in [0.1, 0.15) is 86.5 Å². The van der Waals surface area contributed by atoms with Crippen molar-refractivity contribution in [2.75, 3.05) is 14.1 Å². The molecule has 5 aliphatic rings. The summed E-state index contributed by atoms with van der Waals surface area (Å²) in [6, 6.07) is 1.23. The Balaban J connectivity index is 1.50. The van der Waals surface area contributed by atoms with Crippen LogP contribution < -0.4 is 5.32 Å². The van der Waals surface area contributed by atoms with Crippen LogP contribution in [0.3, 0.4) is 0 Å². The molecule has 31 heavy (non-hydrogen) atoms. The van der Waals surface area contributed by atoms with E-state index in [-0.39, 0.29) is 0 Å². The van der Waals surface area contributed by atoms with Gasteiger partial charge in [-0.15, -0.1) is 0 Å². The first kappa shape index (κ1) is 22.1. The van der Waals surface area contributed by atoms with Gasteiger partial charge in [0.2, 0.25) is 0 Å². The Kier molecular flexibility index (Phi) is 4.57. The Morgan fingerprint density at radius 2 is 1.58 bits per heavy atom. The van der Waals surface area contributed by atoms with E-state index in [9.17, 15) is 0 Å². The first-order valence-corrected chi connectivity index (χ1v) is 13.1. The molecule has 9 unspecified atom stereocenters. The molecule has 0 bridgehead atoms. The quantitative estimate of drug-likeness (QED) is 0.509. The van der Waals surface area contributed by atoms with Gasteiger partial charge in [-0.1, -0.05) is 46.4 Å². The highest BCUT2D eigenvalue weighted by molar-refractivity contribution is 5.37. The predicted molar refractivity (Wildman–Crippen MR) is 132 cm³/mol. The van der Waals surface area contributed by atoms with Gasteiger partial charge in [-0.05, 0) is 118 Å². The Morgan fingerprint density at radius 1 is 0.935 bits per heavy atom. The maximum Gasteiger partial charge on any atom is 0.0263 e. The molecule has 4 fully saturated rings. The minimum atomic E-state index is 0.368. The molecule has 0 radical (unpaired) electrons. The second kappa shape index (κ2) is 6.43. The van der Waals surface area contributed by atoms with Crippen molar-refractivity contribution in [2.45, 2.75) is 98.6 Å². The van der Waals surface area contributed by atoms with Crippen LogP contribution in [0.15, 0.2) is 24.4 Å². The highest BCUT2D eigenvalue weighted by atomic mass is 15.1. The molecule has 0 amide bonds. The Hall–Kier alpha value is -0.760.